The average molecular weight is 154 g/mol. The monoisotopic (exact) mass is 154 g/mol. The molecule has 0 heterocycles. The van der Waals surface area contributed by atoms with Crippen LogP contribution in [0.25, 0.3) is 0 Å². The van der Waals surface area contributed by atoms with Crippen LogP contribution in [-0.2, 0) is 0 Å². The van der Waals surface area contributed by atoms with Crippen molar-refractivity contribution in [3.8, 4) is 0 Å². The van der Waals surface area contributed by atoms with Crippen molar-refractivity contribution in [1.29, 1.82) is 0 Å². The second-order valence-corrected chi connectivity index (χ2v) is 2.00. The summed E-state index contributed by atoms with van der Waals surface area (Å²) in [7, 11) is 1.66. The van der Waals surface area contributed by atoms with Gasteiger partial charge in [-0.3, -0.25) is 4.99 Å². The summed E-state index contributed by atoms with van der Waals surface area (Å²) in [6, 6.07) is 0. The van der Waals surface area contributed by atoms with Crippen molar-refractivity contribution in [2.75, 3.05) is 7.05 Å². The Hall–Kier alpha value is -0.960. The molecule has 0 aliphatic carbocycles. The number of hydrogen-bond donors (Lipinski definition) is 1. The maximum absolute atomic E-state index is 4.87. The van der Waals surface area contributed by atoms with Crippen LogP contribution in [0.3, 0.4) is 0 Å². The molecule has 54 valence electrons. The van der Waals surface area contributed by atoms with Gasteiger partial charge in [0.05, 0.1) is 6.34 Å². The number of thiocarbonyl (C=S) groups is 1. The van der Waals surface area contributed by atoms with E-state index in [9.17, 15) is 0 Å². The Balaban J connectivity index is 3.85. The van der Waals surface area contributed by atoms with Gasteiger partial charge in [0.2, 0.25) is 0 Å². The van der Waals surface area contributed by atoms with E-state index in [0.29, 0.717) is 10.6 Å². The van der Waals surface area contributed by atoms with Gasteiger partial charge in [-0.1, -0.05) is 31.5 Å². The number of hydrogen-bond acceptors (Lipinski definition) is 2. The van der Waals surface area contributed by atoms with Crippen LogP contribution in [-0.4, -0.2) is 18.4 Å². The number of nitrogens with zero attached hydrogens (tertiary/aromatic N) is 1. The molecule has 0 aromatic rings. The fourth-order valence-corrected chi connectivity index (χ4v) is 0.445. The second-order valence-electron chi connectivity index (χ2n) is 1.59. The lowest BCUT2D eigenvalue weighted by Crippen LogP contribution is -2.19. The minimum Gasteiger partial charge on any atom is -0.337 e. The maximum Gasteiger partial charge on any atom is 0.111 e. The van der Waals surface area contributed by atoms with Gasteiger partial charge < -0.3 is 5.32 Å². The van der Waals surface area contributed by atoms with Crippen LogP contribution in [0.5, 0.6) is 0 Å². The highest BCUT2D eigenvalue weighted by Crippen LogP contribution is 1.90. The summed E-state index contributed by atoms with van der Waals surface area (Å²) in [4.78, 5) is 4.25. The van der Waals surface area contributed by atoms with Gasteiger partial charge >= 0.3 is 0 Å². The van der Waals surface area contributed by atoms with Gasteiger partial charge in [0, 0.05) is 12.6 Å². The third kappa shape index (κ3) is 3.14. The quantitative estimate of drug-likeness (QED) is 0.218. The molecule has 0 atom stereocenters. The maximum atomic E-state index is 4.87. The lowest BCUT2D eigenvalue weighted by Gasteiger charge is -1.99. The Morgan fingerprint density at radius 3 is 2.70 bits per heavy atom. The molecule has 0 spiro atoms. The zero-order chi connectivity index (χ0) is 7.98. The first-order valence-corrected chi connectivity index (χ1v) is 3.16. The van der Waals surface area contributed by atoms with Crippen LogP contribution in [0, 0.1) is 0 Å². The van der Waals surface area contributed by atoms with E-state index in [1.165, 1.54) is 6.34 Å². The average Bonchev–Trinajstić information content (AvgIpc) is 1.98. The van der Waals surface area contributed by atoms with E-state index in [2.05, 4.69) is 23.5 Å². The highest BCUT2D eigenvalue weighted by atomic mass is 32.1. The molecular formula is C7H10N2S. The largest absolute Gasteiger partial charge is 0.337 e. The van der Waals surface area contributed by atoms with Crippen molar-refractivity contribution in [2.24, 2.45) is 4.99 Å². The number of aliphatic imine (C=N–C) groups is 1. The van der Waals surface area contributed by atoms with Crippen molar-refractivity contribution in [1.82, 2.24) is 5.32 Å². The lowest BCUT2D eigenvalue weighted by molar-refractivity contribution is 1.36. The Morgan fingerprint density at radius 2 is 2.30 bits per heavy atom. The summed E-state index contributed by atoms with van der Waals surface area (Å²) < 4.78 is 0. The number of rotatable bonds is 3. The molecule has 0 saturated heterocycles. The summed E-state index contributed by atoms with van der Waals surface area (Å²) in [5.41, 5.74) is 0.704. The molecule has 2 nitrogen and oxygen atoms in total. The van der Waals surface area contributed by atoms with E-state index < -0.39 is 0 Å². The molecule has 0 aromatic carbocycles. The van der Waals surface area contributed by atoms with Crippen molar-refractivity contribution in [3.63, 3.8) is 0 Å². The van der Waals surface area contributed by atoms with Crippen LogP contribution < -0.4 is 5.32 Å². The lowest BCUT2D eigenvalue weighted by atomic mass is 10.3. The van der Waals surface area contributed by atoms with Crippen molar-refractivity contribution < 1.29 is 0 Å². The van der Waals surface area contributed by atoms with Gasteiger partial charge in [0.25, 0.3) is 0 Å². The van der Waals surface area contributed by atoms with Gasteiger partial charge in [0.15, 0.2) is 0 Å². The molecule has 0 radical (unpaired) electrons. The predicted molar refractivity (Wildman–Crippen MR) is 49.5 cm³/mol. The first-order chi connectivity index (χ1) is 4.72. The van der Waals surface area contributed by atoms with Gasteiger partial charge in [-0.25, -0.2) is 0 Å². The number of nitrogens with one attached hydrogen (secondary N) is 1. The molecule has 3 heteroatoms. The molecule has 0 saturated carbocycles. The van der Waals surface area contributed by atoms with Crippen molar-refractivity contribution >= 4 is 23.5 Å². The Kier molecular flexibility index (Phi) is 4.41. The zero-order valence-corrected chi connectivity index (χ0v) is 6.74. The molecule has 0 aliphatic heterocycles. The molecule has 0 aliphatic rings. The molecule has 0 fully saturated rings. The van der Waals surface area contributed by atoms with Gasteiger partial charge in [-0.05, 0) is 0 Å². The Morgan fingerprint density at radius 1 is 1.70 bits per heavy atom. The van der Waals surface area contributed by atoms with Crippen molar-refractivity contribution in [3.05, 3.63) is 24.8 Å². The summed E-state index contributed by atoms with van der Waals surface area (Å²) >= 11 is 4.87. The molecular weight excluding hydrogens is 144 g/mol. The molecule has 1 N–H and O–H groups in total. The molecule has 10 heavy (non-hydrogen) atoms. The Bertz CT molecular complexity index is 182. The summed E-state index contributed by atoms with van der Waals surface area (Å²) in [5, 5.41) is 2.75. The van der Waals surface area contributed by atoms with E-state index in [1.54, 1.807) is 13.1 Å². The second kappa shape index (κ2) is 4.88. The first-order valence-electron chi connectivity index (χ1n) is 2.75. The normalized spacial score (nSPS) is 9.30. The van der Waals surface area contributed by atoms with Gasteiger partial charge in [0.1, 0.15) is 4.99 Å². The standard InChI is InChI=1S/C7H10N2S/c1-4-6(2)7(10)9-5-8-3/h4-5H,1-2H2,3H3,(H,8,9,10). The van der Waals surface area contributed by atoms with Crippen LogP contribution >= 0.6 is 12.2 Å². The smallest absolute Gasteiger partial charge is 0.111 e. The van der Waals surface area contributed by atoms with Crippen LogP contribution in [0.1, 0.15) is 0 Å². The molecule has 0 amide bonds. The summed E-state index contributed by atoms with van der Waals surface area (Å²) in [6.07, 6.45) is 3.11. The van der Waals surface area contributed by atoms with E-state index in [0.717, 1.165) is 0 Å². The fourth-order valence-electron chi connectivity index (χ4n) is 0.309. The van der Waals surface area contributed by atoms with Crippen molar-refractivity contribution in [2.45, 2.75) is 0 Å². The van der Waals surface area contributed by atoms with Crippen LogP contribution in [0.4, 0.5) is 0 Å². The minimum absolute atomic E-state index is 0.556. The third-order valence-corrected chi connectivity index (χ3v) is 1.24. The van der Waals surface area contributed by atoms with Gasteiger partial charge in [-0.15, -0.1) is 0 Å². The highest BCUT2D eigenvalue weighted by molar-refractivity contribution is 7.80. The fraction of sp³-hybridized carbons (Fsp3) is 0.143. The first kappa shape index (κ1) is 9.04. The third-order valence-electron chi connectivity index (χ3n) is 0.863. The van der Waals surface area contributed by atoms with Crippen LogP contribution in [0.15, 0.2) is 29.8 Å². The SMILES string of the molecule is C=CC(=C)C(=S)NC=NC. The topological polar surface area (TPSA) is 24.4 Å². The molecule has 0 aromatic heterocycles. The Labute approximate surface area is 66.4 Å². The van der Waals surface area contributed by atoms with Gasteiger partial charge in [-0.2, -0.15) is 0 Å². The van der Waals surface area contributed by atoms with E-state index >= 15 is 0 Å². The minimum atomic E-state index is 0.556. The summed E-state index contributed by atoms with van der Waals surface area (Å²) in [5.74, 6) is 0. The highest BCUT2D eigenvalue weighted by Gasteiger charge is 1.92. The molecule has 0 unspecified atom stereocenters. The molecule has 0 bridgehead atoms. The summed E-state index contributed by atoms with van der Waals surface area (Å²) in [6.45, 7) is 7.16. The van der Waals surface area contributed by atoms with E-state index in [1.807, 2.05) is 0 Å². The van der Waals surface area contributed by atoms with Crippen LogP contribution in [0.2, 0.25) is 0 Å². The van der Waals surface area contributed by atoms with E-state index in [-0.39, 0.29) is 0 Å². The van der Waals surface area contributed by atoms with E-state index in [4.69, 9.17) is 12.2 Å². The predicted octanol–water partition coefficient (Wildman–Crippen LogP) is 1.30. The molecule has 0 rings (SSSR count). The zero-order valence-electron chi connectivity index (χ0n) is 5.92.